The first-order valence-electron chi connectivity index (χ1n) is 10.4. The number of rotatable bonds is 4. The molecule has 33 heavy (non-hydrogen) atoms. The van der Waals surface area contributed by atoms with Crippen molar-refractivity contribution in [2.24, 2.45) is 4.99 Å². The van der Waals surface area contributed by atoms with E-state index in [9.17, 15) is 9.90 Å². The molecule has 4 N–H and O–H groups in total. The first-order valence-corrected chi connectivity index (χ1v) is 10.4. The molecule has 4 aromatic heterocycles. The van der Waals surface area contributed by atoms with Crippen molar-refractivity contribution in [3.63, 3.8) is 0 Å². The maximum atomic E-state index is 15.1. The molecule has 1 aromatic carbocycles. The molecule has 1 aliphatic carbocycles. The zero-order valence-corrected chi connectivity index (χ0v) is 17.4. The van der Waals surface area contributed by atoms with E-state index < -0.39 is 11.5 Å². The molecule has 4 heterocycles. The van der Waals surface area contributed by atoms with Crippen molar-refractivity contribution in [2.45, 2.75) is 25.8 Å². The number of aromatic nitrogens is 6. The van der Waals surface area contributed by atoms with Gasteiger partial charge in [-0.05, 0) is 44.0 Å². The standard InChI is InChI=1S/C22H18FN7O3/c1-10-6-13-14(25-10)4-5-16(19(13)23)33-18-8-17(26-12-2-3-12)30-20(28-18)11(9-24-30)7-15-21(31)29-22(32)27-15/h4-9,12,25,31H,2-3H2,1H3,(H2,27,29,32). The molecule has 0 saturated heterocycles. The highest BCUT2D eigenvalue weighted by Crippen LogP contribution is 2.29. The second-order valence-electron chi connectivity index (χ2n) is 8.03. The van der Waals surface area contributed by atoms with Crippen LogP contribution in [-0.2, 0) is 0 Å². The third kappa shape index (κ3) is 3.43. The summed E-state index contributed by atoms with van der Waals surface area (Å²) in [5.74, 6) is -0.608. The summed E-state index contributed by atoms with van der Waals surface area (Å²) in [4.78, 5) is 28.5. The van der Waals surface area contributed by atoms with Crippen molar-refractivity contribution in [1.29, 1.82) is 0 Å². The first kappa shape index (κ1) is 19.3. The van der Waals surface area contributed by atoms with E-state index >= 15 is 4.39 Å². The van der Waals surface area contributed by atoms with Gasteiger partial charge in [0.05, 0.1) is 12.2 Å². The number of nitrogens with one attached hydrogen (secondary N) is 3. The molecule has 0 spiro atoms. The molecular weight excluding hydrogens is 429 g/mol. The average Bonchev–Trinajstić information content (AvgIpc) is 3.22. The summed E-state index contributed by atoms with van der Waals surface area (Å²) in [5, 5.41) is 15.2. The van der Waals surface area contributed by atoms with Crippen LogP contribution in [0.5, 0.6) is 17.5 Å². The average molecular weight is 447 g/mol. The van der Waals surface area contributed by atoms with E-state index in [0.717, 1.165) is 18.5 Å². The molecule has 1 aliphatic rings. The molecule has 10 nitrogen and oxygen atoms in total. The van der Waals surface area contributed by atoms with Crippen molar-refractivity contribution in [3.8, 4) is 17.5 Å². The first-order chi connectivity index (χ1) is 15.9. The monoisotopic (exact) mass is 447 g/mol. The van der Waals surface area contributed by atoms with Gasteiger partial charge in [-0.3, -0.25) is 9.98 Å². The maximum Gasteiger partial charge on any atom is 0.326 e. The zero-order valence-electron chi connectivity index (χ0n) is 17.4. The SMILES string of the molecule is Cc1cc2c(F)c(Oc3cc(=NC4CC4)n4ncc(=Cc5[nH]c(=O)[nH]c5O)c4n3)ccc2[nH]1. The summed E-state index contributed by atoms with van der Waals surface area (Å²) >= 11 is 0. The van der Waals surface area contributed by atoms with Crippen LogP contribution in [0.25, 0.3) is 22.6 Å². The number of fused-ring (bicyclic) bond motifs is 2. The summed E-state index contributed by atoms with van der Waals surface area (Å²) < 4.78 is 22.5. The predicted octanol–water partition coefficient (Wildman–Crippen LogP) is 1.78. The summed E-state index contributed by atoms with van der Waals surface area (Å²) in [5.41, 5.74) is 2.07. The largest absolute Gasteiger partial charge is 0.493 e. The Morgan fingerprint density at radius 1 is 1.27 bits per heavy atom. The fraction of sp³-hybridized carbons (Fsp3) is 0.182. The van der Waals surface area contributed by atoms with Gasteiger partial charge >= 0.3 is 5.69 Å². The number of H-pyrrole nitrogens is 3. The number of aromatic amines is 3. The number of halogens is 1. The van der Waals surface area contributed by atoms with E-state index in [4.69, 9.17) is 4.74 Å². The lowest BCUT2D eigenvalue weighted by molar-refractivity contribution is 0.429. The number of ether oxygens (including phenoxy) is 1. The van der Waals surface area contributed by atoms with Crippen LogP contribution in [0.15, 0.2) is 40.2 Å². The molecule has 1 fully saturated rings. The van der Waals surface area contributed by atoms with Crippen molar-refractivity contribution >= 4 is 22.6 Å². The Morgan fingerprint density at radius 2 is 2.12 bits per heavy atom. The maximum absolute atomic E-state index is 15.1. The van der Waals surface area contributed by atoms with Gasteiger partial charge in [0.2, 0.25) is 11.8 Å². The van der Waals surface area contributed by atoms with Gasteiger partial charge in [-0.15, -0.1) is 0 Å². The molecular formula is C22H18FN7O3. The molecule has 0 bridgehead atoms. The van der Waals surface area contributed by atoms with Gasteiger partial charge in [0.1, 0.15) is 5.69 Å². The smallest absolute Gasteiger partial charge is 0.326 e. The quantitative estimate of drug-likeness (QED) is 0.333. The number of hydrogen-bond acceptors (Lipinski definition) is 6. The highest BCUT2D eigenvalue weighted by atomic mass is 19.1. The van der Waals surface area contributed by atoms with Crippen LogP contribution in [0.3, 0.4) is 0 Å². The zero-order chi connectivity index (χ0) is 22.7. The van der Waals surface area contributed by atoms with Gasteiger partial charge in [-0.2, -0.15) is 14.6 Å². The number of nitrogens with zero attached hydrogens (tertiary/aromatic N) is 4. The second-order valence-corrected chi connectivity index (χ2v) is 8.03. The number of imidazole rings is 1. The van der Waals surface area contributed by atoms with Crippen molar-refractivity contribution < 1.29 is 14.2 Å². The third-order valence-electron chi connectivity index (χ3n) is 5.41. The minimum atomic E-state index is -0.539. The number of aromatic hydroxyl groups is 1. The van der Waals surface area contributed by atoms with E-state index in [-0.39, 0.29) is 29.2 Å². The van der Waals surface area contributed by atoms with Crippen LogP contribution in [-0.4, -0.2) is 40.7 Å². The number of benzene rings is 1. The molecule has 1 saturated carbocycles. The third-order valence-corrected chi connectivity index (χ3v) is 5.41. The van der Waals surface area contributed by atoms with Crippen LogP contribution in [0, 0.1) is 12.7 Å². The predicted molar refractivity (Wildman–Crippen MR) is 117 cm³/mol. The van der Waals surface area contributed by atoms with Gasteiger partial charge in [-0.1, -0.05) is 0 Å². The van der Waals surface area contributed by atoms with Crippen LogP contribution in [0.2, 0.25) is 0 Å². The van der Waals surface area contributed by atoms with E-state index in [0.29, 0.717) is 27.3 Å². The summed E-state index contributed by atoms with van der Waals surface area (Å²) in [6.07, 6.45) is 5.04. The number of hydrogen-bond donors (Lipinski definition) is 4. The molecule has 6 rings (SSSR count). The fourth-order valence-electron chi connectivity index (χ4n) is 3.71. The van der Waals surface area contributed by atoms with Gasteiger partial charge in [-0.25, -0.2) is 9.18 Å². The molecule has 5 aromatic rings. The summed E-state index contributed by atoms with van der Waals surface area (Å²) in [6, 6.07) is 6.82. The Hall–Kier alpha value is -4.41. The normalized spacial score (nSPS) is 15.2. The van der Waals surface area contributed by atoms with E-state index in [1.807, 2.05) is 6.92 Å². The molecule has 11 heteroatoms. The lowest BCUT2D eigenvalue weighted by Gasteiger charge is -2.07. The topological polar surface area (TPSA) is 136 Å². The van der Waals surface area contributed by atoms with E-state index in [2.05, 4.69) is 30.0 Å². The van der Waals surface area contributed by atoms with E-state index in [1.54, 1.807) is 28.8 Å². The molecule has 0 radical (unpaired) electrons. The van der Waals surface area contributed by atoms with Crippen molar-refractivity contribution in [2.75, 3.05) is 0 Å². The van der Waals surface area contributed by atoms with Crippen LogP contribution >= 0.6 is 0 Å². The Kier molecular flexibility index (Phi) is 4.12. The van der Waals surface area contributed by atoms with Gasteiger partial charge in [0.25, 0.3) is 0 Å². The van der Waals surface area contributed by atoms with E-state index in [1.165, 1.54) is 12.3 Å². The number of aryl methyl sites for hydroxylation is 1. The summed E-state index contributed by atoms with van der Waals surface area (Å²) in [6.45, 7) is 1.86. The second kappa shape index (κ2) is 7.05. The molecule has 0 aliphatic heterocycles. The Bertz CT molecular complexity index is 1720. The Balaban J connectivity index is 1.52. The Labute approximate surface area is 184 Å². The fourth-order valence-corrected chi connectivity index (χ4v) is 3.71. The molecule has 0 amide bonds. The van der Waals surface area contributed by atoms with Crippen LogP contribution < -0.4 is 21.1 Å². The Morgan fingerprint density at radius 3 is 2.88 bits per heavy atom. The minimum absolute atomic E-state index is 0.0355. The van der Waals surface area contributed by atoms with Gasteiger partial charge in [0.15, 0.2) is 22.7 Å². The van der Waals surface area contributed by atoms with Crippen molar-refractivity contribution in [1.82, 2.24) is 29.5 Å². The lowest BCUT2D eigenvalue weighted by Crippen LogP contribution is -2.19. The highest BCUT2D eigenvalue weighted by Gasteiger charge is 2.21. The van der Waals surface area contributed by atoms with Gasteiger partial charge < -0.3 is 19.8 Å². The molecule has 166 valence electrons. The highest BCUT2D eigenvalue weighted by molar-refractivity contribution is 5.82. The minimum Gasteiger partial charge on any atom is -0.493 e. The lowest BCUT2D eigenvalue weighted by atomic mass is 10.2. The van der Waals surface area contributed by atoms with Crippen LogP contribution in [0.4, 0.5) is 4.39 Å². The van der Waals surface area contributed by atoms with Crippen LogP contribution in [0.1, 0.15) is 24.2 Å². The van der Waals surface area contributed by atoms with Crippen molar-refractivity contribution in [3.05, 3.63) is 68.9 Å². The molecule has 0 atom stereocenters. The summed E-state index contributed by atoms with van der Waals surface area (Å²) in [7, 11) is 0. The molecule has 0 unspecified atom stereocenters. The van der Waals surface area contributed by atoms with Gasteiger partial charge in [0, 0.05) is 27.9 Å².